The highest BCUT2D eigenvalue weighted by molar-refractivity contribution is 5.50. The van der Waals surface area contributed by atoms with Gasteiger partial charge in [-0.2, -0.15) is 0 Å². The van der Waals surface area contributed by atoms with Gasteiger partial charge in [-0.25, -0.2) is 0 Å². The Labute approximate surface area is 88.0 Å². The lowest BCUT2D eigenvalue weighted by atomic mass is 9.90. The van der Waals surface area contributed by atoms with Crippen molar-refractivity contribution in [1.82, 2.24) is 0 Å². The summed E-state index contributed by atoms with van der Waals surface area (Å²) in [6.45, 7) is 0. The SMILES string of the molecule is NC1=CC=CC2(c3cccc(N)c3)OC12. The van der Waals surface area contributed by atoms with E-state index in [1.165, 1.54) is 0 Å². The van der Waals surface area contributed by atoms with Gasteiger partial charge in [0.25, 0.3) is 0 Å². The zero-order valence-electron chi connectivity index (χ0n) is 8.18. The van der Waals surface area contributed by atoms with E-state index >= 15 is 0 Å². The monoisotopic (exact) mass is 200 g/mol. The molecular weight excluding hydrogens is 188 g/mol. The van der Waals surface area contributed by atoms with Crippen LogP contribution in [0.2, 0.25) is 0 Å². The lowest BCUT2D eigenvalue weighted by Crippen LogP contribution is -2.17. The standard InChI is InChI=1S/C12H12N2O/c13-9-4-1-3-8(7-9)12-6-2-5-10(14)11(12)15-12/h1-7,11H,13-14H2. The maximum absolute atomic E-state index is 5.83. The average Bonchev–Trinajstić information content (AvgIpc) is 2.95. The number of nitrogen functional groups attached to an aromatic ring is 1. The molecule has 2 atom stereocenters. The molecule has 0 spiro atoms. The van der Waals surface area contributed by atoms with E-state index in [0.29, 0.717) is 0 Å². The second kappa shape index (κ2) is 2.64. The molecule has 0 amide bonds. The van der Waals surface area contributed by atoms with Crippen molar-refractivity contribution in [2.45, 2.75) is 11.7 Å². The maximum Gasteiger partial charge on any atom is 0.144 e. The van der Waals surface area contributed by atoms with Crippen LogP contribution in [-0.2, 0) is 10.3 Å². The molecule has 3 rings (SSSR count). The number of fused-ring (bicyclic) bond motifs is 1. The van der Waals surface area contributed by atoms with Crippen molar-refractivity contribution in [3.05, 3.63) is 53.8 Å². The van der Waals surface area contributed by atoms with Gasteiger partial charge in [0, 0.05) is 11.4 Å². The normalized spacial score (nSPS) is 32.0. The molecule has 1 aromatic rings. The molecule has 2 aliphatic rings. The molecule has 0 radical (unpaired) electrons. The van der Waals surface area contributed by atoms with Crippen LogP contribution in [0.5, 0.6) is 0 Å². The summed E-state index contributed by atoms with van der Waals surface area (Å²) >= 11 is 0. The number of nitrogens with two attached hydrogens (primary N) is 2. The lowest BCUT2D eigenvalue weighted by molar-refractivity contribution is 0.343. The van der Waals surface area contributed by atoms with E-state index in [-0.39, 0.29) is 11.7 Å². The van der Waals surface area contributed by atoms with Gasteiger partial charge in [0.2, 0.25) is 0 Å². The fraction of sp³-hybridized carbons (Fsp3) is 0.167. The lowest BCUT2D eigenvalue weighted by Gasteiger charge is -2.11. The quantitative estimate of drug-likeness (QED) is 0.530. The number of epoxide rings is 1. The third kappa shape index (κ3) is 1.10. The molecule has 1 heterocycles. The first kappa shape index (κ1) is 8.56. The maximum atomic E-state index is 5.83. The fourth-order valence-electron chi connectivity index (χ4n) is 2.09. The van der Waals surface area contributed by atoms with Crippen LogP contribution in [0.25, 0.3) is 0 Å². The van der Waals surface area contributed by atoms with Gasteiger partial charge in [-0.3, -0.25) is 0 Å². The van der Waals surface area contributed by atoms with E-state index < -0.39 is 0 Å². The number of benzene rings is 1. The Hall–Kier alpha value is -1.74. The van der Waals surface area contributed by atoms with Crippen molar-refractivity contribution >= 4 is 5.69 Å². The zero-order chi connectivity index (χ0) is 10.5. The molecule has 1 aliphatic heterocycles. The van der Waals surface area contributed by atoms with E-state index in [4.69, 9.17) is 16.2 Å². The Balaban J connectivity index is 2.04. The van der Waals surface area contributed by atoms with Crippen LogP contribution < -0.4 is 11.5 Å². The van der Waals surface area contributed by atoms with Gasteiger partial charge in [0.1, 0.15) is 11.7 Å². The Kier molecular flexibility index (Phi) is 1.51. The third-order valence-corrected chi connectivity index (χ3v) is 2.92. The minimum Gasteiger partial charge on any atom is -0.400 e. The summed E-state index contributed by atoms with van der Waals surface area (Å²) in [5.74, 6) is 0. The molecule has 3 heteroatoms. The molecule has 1 aliphatic carbocycles. The minimum atomic E-state index is -0.353. The summed E-state index contributed by atoms with van der Waals surface area (Å²) in [6, 6.07) is 7.74. The smallest absolute Gasteiger partial charge is 0.144 e. The second-order valence-electron chi connectivity index (χ2n) is 3.94. The summed E-state index contributed by atoms with van der Waals surface area (Å²) in [7, 11) is 0. The summed E-state index contributed by atoms with van der Waals surface area (Å²) in [4.78, 5) is 0. The van der Waals surface area contributed by atoms with Crippen LogP contribution in [-0.4, -0.2) is 6.10 Å². The predicted molar refractivity (Wildman–Crippen MR) is 58.8 cm³/mol. The van der Waals surface area contributed by atoms with E-state index in [0.717, 1.165) is 16.9 Å². The van der Waals surface area contributed by atoms with Crippen LogP contribution in [0, 0.1) is 0 Å². The van der Waals surface area contributed by atoms with Crippen molar-refractivity contribution in [1.29, 1.82) is 0 Å². The molecule has 2 unspecified atom stereocenters. The average molecular weight is 200 g/mol. The van der Waals surface area contributed by atoms with Crippen LogP contribution in [0.1, 0.15) is 5.56 Å². The van der Waals surface area contributed by atoms with Gasteiger partial charge in [-0.1, -0.05) is 18.2 Å². The Morgan fingerprint density at radius 3 is 2.93 bits per heavy atom. The molecule has 0 saturated carbocycles. The summed E-state index contributed by atoms with van der Waals surface area (Å²) in [5, 5.41) is 0. The molecule has 3 nitrogen and oxygen atoms in total. The van der Waals surface area contributed by atoms with Crippen molar-refractivity contribution < 1.29 is 4.74 Å². The van der Waals surface area contributed by atoms with E-state index in [1.807, 2.05) is 42.5 Å². The topological polar surface area (TPSA) is 64.6 Å². The minimum absolute atomic E-state index is 0.00991. The van der Waals surface area contributed by atoms with Crippen LogP contribution >= 0.6 is 0 Å². The van der Waals surface area contributed by atoms with E-state index in [1.54, 1.807) is 0 Å². The highest BCUT2D eigenvalue weighted by Gasteiger charge is 2.58. The van der Waals surface area contributed by atoms with Gasteiger partial charge in [-0.05, 0) is 29.8 Å². The molecule has 1 saturated heterocycles. The molecule has 1 aromatic carbocycles. The molecule has 0 aromatic heterocycles. The summed E-state index contributed by atoms with van der Waals surface area (Å²) in [6.07, 6.45) is 5.83. The van der Waals surface area contributed by atoms with Crippen LogP contribution in [0.15, 0.2) is 48.2 Å². The van der Waals surface area contributed by atoms with E-state index in [9.17, 15) is 0 Å². The van der Waals surface area contributed by atoms with Crippen molar-refractivity contribution in [2.75, 3.05) is 5.73 Å². The number of anilines is 1. The first-order chi connectivity index (χ1) is 7.22. The molecule has 76 valence electrons. The number of ether oxygens (including phenoxy) is 1. The van der Waals surface area contributed by atoms with Gasteiger partial charge < -0.3 is 16.2 Å². The van der Waals surface area contributed by atoms with Gasteiger partial charge in [0.05, 0.1) is 0 Å². The van der Waals surface area contributed by atoms with Crippen molar-refractivity contribution in [2.24, 2.45) is 5.73 Å². The van der Waals surface area contributed by atoms with E-state index in [2.05, 4.69) is 0 Å². The largest absolute Gasteiger partial charge is 0.400 e. The third-order valence-electron chi connectivity index (χ3n) is 2.92. The van der Waals surface area contributed by atoms with Crippen molar-refractivity contribution in [3.63, 3.8) is 0 Å². The van der Waals surface area contributed by atoms with Crippen LogP contribution in [0.4, 0.5) is 5.69 Å². The highest BCUT2D eigenvalue weighted by Crippen LogP contribution is 2.51. The number of hydrogen-bond acceptors (Lipinski definition) is 3. The van der Waals surface area contributed by atoms with Crippen molar-refractivity contribution in [3.8, 4) is 0 Å². The molecule has 4 N–H and O–H groups in total. The number of allylic oxidation sites excluding steroid dienone is 2. The number of hydrogen-bond donors (Lipinski definition) is 2. The van der Waals surface area contributed by atoms with Gasteiger partial charge >= 0.3 is 0 Å². The second-order valence-corrected chi connectivity index (χ2v) is 3.94. The molecule has 1 fully saturated rings. The molecule has 15 heavy (non-hydrogen) atoms. The highest BCUT2D eigenvalue weighted by atomic mass is 16.6. The Morgan fingerprint density at radius 1 is 1.27 bits per heavy atom. The zero-order valence-corrected chi connectivity index (χ0v) is 8.18. The first-order valence-electron chi connectivity index (χ1n) is 4.91. The Morgan fingerprint density at radius 2 is 2.13 bits per heavy atom. The first-order valence-corrected chi connectivity index (χ1v) is 4.91. The molecule has 0 bridgehead atoms. The fourth-order valence-corrected chi connectivity index (χ4v) is 2.09. The Bertz CT molecular complexity index is 478. The van der Waals surface area contributed by atoms with Gasteiger partial charge in [0.15, 0.2) is 0 Å². The molecular formula is C12H12N2O. The number of rotatable bonds is 1. The summed E-state index contributed by atoms with van der Waals surface area (Å²) < 4.78 is 5.68. The van der Waals surface area contributed by atoms with Gasteiger partial charge in [-0.15, -0.1) is 0 Å². The van der Waals surface area contributed by atoms with Crippen LogP contribution in [0.3, 0.4) is 0 Å². The summed E-state index contributed by atoms with van der Waals surface area (Å²) in [5.41, 5.74) is 13.8. The predicted octanol–water partition coefficient (Wildman–Crippen LogP) is 1.28.